The number of methoxy groups -OCH3 is 3. The Morgan fingerprint density at radius 1 is 1.11 bits per heavy atom. The summed E-state index contributed by atoms with van der Waals surface area (Å²) < 4.78 is 17.2. The molecule has 0 atom stereocenters. The third-order valence-electron chi connectivity index (χ3n) is 3.94. The van der Waals surface area contributed by atoms with Gasteiger partial charge in [-0.25, -0.2) is 4.79 Å². The van der Waals surface area contributed by atoms with Gasteiger partial charge in [0.25, 0.3) is 5.56 Å². The highest BCUT2D eigenvalue weighted by Gasteiger charge is 2.13. The first kappa shape index (κ1) is 20.1. The van der Waals surface area contributed by atoms with Gasteiger partial charge in [0.05, 0.1) is 21.3 Å². The van der Waals surface area contributed by atoms with Crippen molar-refractivity contribution in [1.82, 2.24) is 14.9 Å². The van der Waals surface area contributed by atoms with Crippen molar-refractivity contribution in [3.8, 4) is 17.2 Å². The van der Waals surface area contributed by atoms with E-state index in [4.69, 9.17) is 14.2 Å². The van der Waals surface area contributed by atoms with E-state index in [0.717, 1.165) is 5.56 Å². The van der Waals surface area contributed by atoms with Gasteiger partial charge in [-0.15, -0.1) is 0 Å². The van der Waals surface area contributed by atoms with Crippen LogP contribution in [0.2, 0.25) is 0 Å². The van der Waals surface area contributed by atoms with Crippen molar-refractivity contribution in [1.29, 1.82) is 0 Å². The van der Waals surface area contributed by atoms with Crippen molar-refractivity contribution >= 4 is 5.91 Å². The lowest BCUT2D eigenvalue weighted by molar-refractivity contribution is -0.121. The molecule has 1 amide bonds. The molecule has 9 nitrogen and oxygen atoms in total. The zero-order chi connectivity index (χ0) is 19.8. The van der Waals surface area contributed by atoms with Crippen molar-refractivity contribution < 1.29 is 19.0 Å². The molecule has 1 aromatic heterocycles. The summed E-state index contributed by atoms with van der Waals surface area (Å²) in [6.45, 7) is 0.601. The molecular formula is C18H23N3O6. The van der Waals surface area contributed by atoms with E-state index in [0.29, 0.717) is 30.2 Å². The molecule has 0 radical (unpaired) electrons. The minimum Gasteiger partial charge on any atom is -0.493 e. The number of aromatic nitrogens is 2. The lowest BCUT2D eigenvalue weighted by Crippen LogP contribution is -2.31. The Labute approximate surface area is 155 Å². The normalized spacial score (nSPS) is 10.3. The zero-order valence-corrected chi connectivity index (χ0v) is 15.5. The highest BCUT2D eigenvalue weighted by Crippen LogP contribution is 2.38. The lowest BCUT2D eigenvalue weighted by Gasteiger charge is -2.14. The van der Waals surface area contributed by atoms with Crippen LogP contribution in [0.25, 0.3) is 0 Å². The van der Waals surface area contributed by atoms with Crippen molar-refractivity contribution in [2.24, 2.45) is 0 Å². The summed E-state index contributed by atoms with van der Waals surface area (Å²) >= 11 is 0. The van der Waals surface area contributed by atoms with Gasteiger partial charge in [0.2, 0.25) is 11.7 Å². The van der Waals surface area contributed by atoms with Crippen LogP contribution in [-0.4, -0.2) is 43.3 Å². The Hall–Kier alpha value is -3.23. The smallest absolute Gasteiger partial charge is 0.328 e. The molecule has 0 unspecified atom stereocenters. The first-order valence-corrected chi connectivity index (χ1v) is 8.33. The topological polar surface area (TPSA) is 112 Å². The summed E-state index contributed by atoms with van der Waals surface area (Å²) in [6.07, 6.45) is 2.06. The molecule has 0 spiro atoms. The monoisotopic (exact) mass is 377 g/mol. The number of aromatic amines is 1. The number of carbonyl (C=O) groups excluding carboxylic acids is 1. The molecule has 0 saturated heterocycles. The Bertz CT molecular complexity index is 877. The average molecular weight is 377 g/mol. The van der Waals surface area contributed by atoms with E-state index in [9.17, 15) is 14.4 Å². The minimum atomic E-state index is -0.535. The third kappa shape index (κ3) is 5.37. The third-order valence-corrected chi connectivity index (χ3v) is 3.94. The van der Waals surface area contributed by atoms with Crippen LogP contribution in [0.3, 0.4) is 0 Å². The van der Waals surface area contributed by atoms with Crippen molar-refractivity contribution in [2.75, 3.05) is 27.9 Å². The van der Waals surface area contributed by atoms with Crippen LogP contribution in [0, 0.1) is 0 Å². The fraction of sp³-hybridized carbons (Fsp3) is 0.389. The second-order valence-electron chi connectivity index (χ2n) is 5.69. The first-order chi connectivity index (χ1) is 13.0. The Morgan fingerprint density at radius 3 is 2.33 bits per heavy atom. The number of ether oxygens (including phenoxy) is 3. The maximum Gasteiger partial charge on any atom is 0.328 e. The van der Waals surface area contributed by atoms with Crippen LogP contribution < -0.4 is 30.8 Å². The van der Waals surface area contributed by atoms with Gasteiger partial charge in [-0.1, -0.05) is 0 Å². The molecule has 1 aromatic carbocycles. The molecule has 9 heteroatoms. The van der Waals surface area contributed by atoms with E-state index in [-0.39, 0.29) is 18.9 Å². The van der Waals surface area contributed by atoms with Crippen LogP contribution in [0.4, 0.5) is 0 Å². The largest absolute Gasteiger partial charge is 0.493 e. The molecule has 0 fully saturated rings. The number of amides is 1. The number of hydrogen-bond donors (Lipinski definition) is 2. The molecule has 2 N–H and O–H groups in total. The molecule has 2 rings (SSSR count). The van der Waals surface area contributed by atoms with Gasteiger partial charge in [0, 0.05) is 31.8 Å². The standard InChI is InChI=1S/C18H23N3O6/c1-25-13-10-12(11-14(26-2)17(13)27-3)4-7-19-15(22)5-8-21-9-6-16(23)20-18(21)24/h6,9-11H,4-5,7-8H2,1-3H3,(H,19,22)(H,20,23,24). The fourth-order valence-electron chi connectivity index (χ4n) is 2.56. The van der Waals surface area contributed by atoms with Crippen LogP contribution in [0.1, 0.15) is 12.0 Å². The number of nitrogens with one attached hydrogen (secondary N) is 2. The van der Waals surface area contributed by atoms with Gasteiger partial charge in [-0.05, 0) is 24.1 Å². The highest BCUT2D eigenvalue weighted by atomic mass is 16.5. The summed E-state index contributed by atoms with van der Waals surface area (Å²) in [5, 5.41) is 2.80. The van der Waals surface area contributed by atoms with Gasteiger partial charge < -0.3 is 24.1 Å². The van der Waals surface area contributed by atoms with E-state index in [1.165, 1.54) is 23.9 Å². The molecule has 0 aliphatic heterocycles. The van der Waals surface area contributed by atoms with Gasteiger partial charge in [-0.2, -0.15) is 0 Å². The van der Waals surface area contributed by atoms with Crippen molar-refractivity contribution in [2.45, 2.75) is 19.4 Å². The number of rotatable bonds is 9. The number of aryl methyl sites for hydroxylation is 1. The first-order valence-electron chi connectivity index (χ1n) is 8.33. The number of benzene rings is 1. The summed E-state index contributed by atoms with van der Waals surface area (Å²) in [4.78, 5) is 36.7. The van der Waals surface area contributed by atoms with E-state index >= 15 is 0 Å². The van der Waals surface area contributed by atoms with Crippen LogP contribution >= 0.6 is 0 Å². The van der Waals surface area contributed by atoms with E-state index in [1.807, 2.05) is 12.1 Å². The Kier molecular flexibility index (Phi) is 7.04. The van der Waals surface area contributed by atoms with E-state index < -0.39 is 11.2 Å². The summed E-state index contributed by atoms with van der Waals surface area (Å²) in [7, 11) is 4.62. The number of hydrogen-bond acceptors (Lipinski definition) is 6. The summed E-state index contributed by atoms with van der Waals surface area (Å²) in [6, 6.07) is 4.89. The predicted molar refractivity (Wildman–Crippen MR) is 98.8 cm³/mol. The van der Waals surface area contributed by atoms with Crippen molar-refractivity contribution in [3.63, 3.8) is 0 Å². The van der Waals surface area contributed by atoms with Crippen molar-refractivity contribution in [3.05, 3.63) is 50.8 Å². The summed E-state index contributed by atoms with van der Waals surface area (Å²) in [5.41, 5.74) is -0.0829. The molecule has 2 aromatic rings. The minimum absolute atomic E-state index is 0.126. The molecular weight excluding hydrogens is 354 g/mol. The molecule has 27 heavy (non-hydrogen) atoms. The number of nitrogens with zero attached hydrogens (tertiary/aromatic N) is 1. The lowest BCUT2D eigenvalue weighted by atomic mass is 10.1. The van der Waals surface area contributed by atoms with Gasteiger partial charge in [-0.3, -0.25) is 14.6 Å². The maximum absolute atomic E-state index is 12.0. The molecule has 0 saturated carbocycles. The summed E-state index contributed by atoms with van der Waals surface area (Å²) in [5.74, 6) is 1.42. The highest BCUT2D eigenvalue weighted by molar-refractivity contribution is 5.75. The SMILES string of the molecule is COc1cc(CCNC(=O)CCn2ccc(=O)[nH]c2=O)cc(OC)c1OC. The van der Waals surface area contributed by atoms with Crippen LogP contribution in [0.15, 0.2) is 34.0 Å². The Morgan fingerprint density at radius 2 is 1.78 bits per heavy atom. The molecule has 0 aliphatic rings. The zero-order valence-electron chi connectivity index (χ0n) is 15.5. The van der Waals surface area contributed by atoms with E-state index in [1.54, 1.807) is 14.2 Å². The molecule has 146 valence electrons. The number of H-pyrrole nitrogens is 1. The maximum atomic E-state index is 12.0. The molecule has 1 heterocycles. The predicted octanol–water partition coefficient (Wildman–Crippen LogP) is 0.311. The number of carbonyl (C=O) groups is 1. The van der Waals surface area contributed by atoms with Gasteiger partial charge in [0.15, 0.2) is 11.5 Å². The second-order valence-corrected chi connectivity index (χ2v) is 5.69. The quantitative estimate of drug-likeness (QED) is 0.651. The Balaban J connectivity index is 1.89. The van der Waals surface area contributed by atoms with Gasteiger partial charge >= 0.3 is 5.69 Å². The van der Waals surface area contributed by atoms with E-state index in [2.05, 4.69) is 10.3 Å². The van der Waals surface area contributed by atoms with Crippen LogP contribution in [0.5, 0.6) is 17.2 Å². The molecule has 0 aliphatic carbocycles. The second kappa shape index (κ2) is 9.46. The van der Waals surface area contributed by atoms with Gasteiger partial charge in [0.1, 0.15) is 0 Å². The van der Waals surface area contributed by atoms with Crippen LogP contribution in [-0.2, 0) is 17.8 Å². The average Bonchev–Trinajstić information content (AvgIpc) is 2.66. The molecule has 0 bridgehead atoms. The fourth-order valence-corrected chi connectivity index (χ4v) is 2.56.